The normalized spacial score (nSPS) is 13.4. The minimum Gasteiger partial charge on any atom is -0.497 e. The predicted octanol–water partition coefficient (Wildman–Crippen LogP) is 8.49. The summed E-state index contributed by atoms with van der Waals surface area (Å²) in [4.78, 5) is 95.7. The average molecular weight is 1270 g/mol. The molecule has 22 heteroatoms. The van der Waals surface area contributed by atoms with Crippen molar-refractivity contribution in [2.45, 2.75) is 99.6 Å². The van der Waals surface area contributed by atoms with Crippen molar-refractivity contribution in [2.24, 2.45) is 34.4 Å². The SMILES string of the molecule is COc1ccc2[nH]cc(CC(=O)[C@](N)(CCCCN)C(=O)Nc3ccc(C(c4ccc(NC(=O)[C@@](N)(CCCCN)C(=O)Cc5c[nH]c6ccc(OC)cc56)cc4)c4ccc(NC(=O)[C@@](N)(CCCCN)C(=O)Cc5c[nH]c6ccc(OC)cc56)cc4)cc3)c2c1.Cl. The number of fused-ring (bicyclic) bond motifs is 3. The number of halogens is 1. The summed E-state index contributed by atoms with van der Waals surface area (Å²) in [5.41, 5.74) is 40.3. The number of nitrogens with two attached hydrogens (primary N) is 6. The number of ketones is 3. The Bertz CT molecular complexity index is 3640. The molecule has 0 aliphatic carbocycles. The van der Waals surface area contributed by atoms with Gasteiger partial charge in [-0.3, -0.25) is 28.8 Å². The van der Waals surface area contributed by atoms with Crippen LogP contribution in [0.15, 0.2) is 146 Å². The Labute approximate surface area is 540 Å². The Morgan fingerprint density at radius 1 is 0.402 bits per heavy atom. The number of amides is 3. The summed E-state index contributed by atoms with van der Waals surface area (Å²) in [6.45, 7) is 1.07. The summed E-state index contributed by atoms with van der Waals surface area (Å²) >= 11 is 0. The summed E-state index contributed by atoms with van der Waals surface area (Å²) in [5.74, 6) is -2.08. The van der Waals surface area contributed by atoms with Gasteiger partial charge in [0.05, 0.1) is 21.3 Å². The lowest BCUT2D eigenvalue weighted by molar-refractivity contribution is -0.134. The molecular formula is C70H83ClN12O9. The topological polar surface area (TPSA) is 370 Å². The van der Waals surface area contributed by atoms with Crippen molar-refractivity contribution in [3.8, 4) is 17.2 Å². The largest absolute Gasteiger partial charge is 0.497 e. The van der Waals surface area contributed by atoms with Gasteiger partial charge < -0.3 is 79.5 Å². The fraction of sp³-hybridized carbons (Fsp3) is 0.314. The van der Waals surface area contributed by atoms with Crippen LogP contribution in [0.25, 0.3) is 32.7 Å². The van der Waals surface area contributed by atoms with Crippen molar-refractivity contribution in [3.63, 3.8) is 0 Å². The molecule has 92 heavy (non-hydrogen) atoms. The molecule has 9 rings (SSSR count). The molecule has 0 saturated carbocycles. The van der Waals surface area contributed by atoms with Gasteiger partial charge in [0.2, 0.25) is 0 Å². The highest BCUT2D eigenvalue weighted by atomic mass is 35.5. The first-order valence-electron chi connectivity index (χ1n) is 30.6. The van der Waals surface area contributed by atoms with Crippen LogP contribution in [0.4, 0.5) is 17.1 Å². The first-order valence-corrected chi connectivity index (χ1v) is 30.6. The van der Waals surface area contributed by atoms with Gasteiger partial charge in [-0.1, -0.05) is 36.4 Å². The van der Waals surface area contributed by atoms with E-state index in [1.54, 1.807) is 76.3 Å². The fourth-order valence-electron chi connectivity index (χ4n) is 11.6. The lowest BCUT2D eigenvalue weighted by atomic mass is 9.83. The number of hydrogen-bond acceptors (Lipinski definition) is 15. The van der Waals surface area contributed by atoms with Gasteiger partial charge in [-0.05, 0) is 202 Å². The van der Waals surface area contributed by atoms with Gasteiger partial charge in [0.15, 0.2) is 34.0 Å². The van der Waals surface area contributed by atoms with Crippen LogP contribution >= 0.6 is 12.4 Å². The maximum Gasteiger partial charge on any atom is 0.252 e. The molecular weight excluding hydrogens is 1190 g/mol. The van der Waals surface area contributed by atoms with Crippen molar-refractivity contribution in [1.82, 2.24) is 15.0 Å². The van der Waals surface area contributed by atoms with Crippen molar-refractivity contribution >= 4 is 97.2 Å². The highest BCUT2D eigenvalue weighted by Crippen LogP contribution is 2.36. The number of carbonyl (C=O) groups is 6. The zero-order valence-electron chi connectivity index (χ0n) is 52.1. The molecule has 0 unspecified atom stereocenters. The molecule has 0 saturated heterocycles. The maximum atomic E-state index is 14.4. The lowest BCUT2D eigenvalue weighted by Crippen LogP contribution is -2.58. The first-order chi connectivity index (χ1) is 43.9. The van der Waals surface area contributed by atoms with E-state index in [4.69, 9.17) is 48.6 Å². The number of hydrogen-bond donors (Lipinski definition) is 12. The Hall–Kier alpha value is -9.19. The average Bonchev–Trinajstić information content (AvgIpc) is 1.52. The van der Waals surface area contributed by atoms with Crippen LogP contribution < -0.4 is 64.6 Å². The van der Waals surface area contributed by atoms with E-state index in [0.717, 1.165) is 49.4 Å². The van der Waals surface area contributed by atoms with Gasteiger partial charge >= 0.3 is 0 Å². The number of aromatic nitrogens is 3. The van der Waals surface area contributed by atoms with Crippen LogP contribution in [-0.2, 0) is 48.0 Å². The number of methoxy groups -OCH3 is 3. The standard InChI is InChI=1S/C70H82N12O9.ClH/c1-89-52-22-25-58-55(37-52)46(40-77-58)34-61(83)68(74,28-4-7-31-71)65(86)80-49-16-10-43(11-17-49)64(44-12-18-50(19-13-44)81-66(87)69(75,29-5-8-32-72)62(84)35-47-41-78-59-26-23-53(90-2)38-56(47)59)45-14-20-51(21-15-45)82-67(88)70(76,30-6-9-33-73)63(85)36-48-42-79-60-27-24-54(91-3)39-57(48)60;/h10-27,37-42,64,77-79H,4-9,28-36,71-76H2,1-3H3,(H,80,86)(H,81,87)(H,82,88);1H/t68-,69-,70-;/m1./s1. The molecule has 6 aromatic carbocycles. The molecule has 0 bridgehead atoms. The first kappa shape index (κ1) is 68.7. The second kappa shape index (κ2) is 30.7. The number of anilines is 3. The van der Waals surface area contributed by atoms with Crippen molar-refractivity contribution < 1.29 is 43.0 Å². The third-order valence-corrected chi connectivity index (χ3v) is 17.3. The van der Waals surface area contributed by atoms with Gasteiger partial charge in [0, 0.05) is 93.5 Å². The summed E-state index contributed by atoms with van der Waals surface area (Å²) in [5, 5.41) is 11.1. The van der Waals surface area contributed by atoms with Crippen LogP contribution in [0.3, 0.4) is 0 Å². The zero-order valence-corrected chi connectivity index (χ0v) is 52.9. The highest BCUT2D eigenvalue weighted by Gasteiger charge is 2.44. The molecule has 0 aliphatic rings. The molecule has 3 amide bonds. The van der Waals surface area contributed by atoms with Crippen molar-refractivity contribution in [3.05, 3.63) is 179 Å². The zero-order chi connectivity index (χ0) is 64.9. The van der Waals surface area contributed by atoms with Crippen LogP contribution in [0.1, 0.15) is 97.1 Å². The van der Waals surface area contributed by atoms with Gasteiger partial charge in [-0.2, -0.15) is 0 Å². The number of benzene rings is 6. The van der Waals surface area contributed by atoms with E-state index < -0.39 is 57.6 Å². The van der Waals surface area contributed by atoms with Gasteiger partial charge in [0.1, 0.15) is 17.2 Å². The Morgan fingerprint density at radius 2 is 0.663 bits per heavy atom. The van der Waals surface area contributed by atoms with Crippen molar-refractivity contribution in [2.75, 3.05) is 56.9 Å². The predicted molar refractivity (Wildman–Crippen MR) is 364 cm³/mol. The Morgan fingerprint density at radius 3 is 0.902 bits per heavy atom. The number of Topliss-reactive ketones (excluding diaryl/α,β-unsaturated/α-hetero) is 3. The number of H-pyrrole nitrogens is 3. The van der Waals surface area contributed by atoms with Crippen LogP contribution in [0, 0.1) is 0 Å². The van der Waals surface area contributed by atoms with Crippen molar-refractivity contribution in [1.29, 1.82) is 0 Å². The van der Waals surface area contributed by atoms with Crippen LogP contribution in [0.2, 0.25) is 0 Å². The van der Waals surface area contributed by atoms with E-state index in [0.29, 0.717) is 109 Å². The number of ether oxygens (including phenoxy) is 3. The van der Waals surface area contributed by atoms with Gasteiger partial charge in [0.25, 0.3) is 17.7 Å². The highest BCUT2D eigenvalue weighted by molar-refractivity contribution is 6.18. The van der Waals surface area contributed by atoms with E-state index in [2.05, 4.69) is 30.9 Å². The maximum absolute atomic E-state index is 14.4. The number of aromatic amines is 3. The molecule has 3 heterocycles. The molecule has 0 aliphatic heterocycles. The minimum atomic E-state index is -1.91. The number of carbonyl (C=O) groups excluding carboxylic acids is 6. The molecule has 484 valence electrons. The Kier molecular flexibility index (Phi) is 23.0. The fourth-order valence-corrected chi connectivity index (χ4v) is 11.6. The quantitative estimate of drug-likeness (QED) is 0.0104. The van der Waals surface area contributed by atoms with Crippen LogP contribution in [0.5, 0.6) is 17.2 Å². The van der Waals surface area contributed by atoms with E-state index in [9.17, 15) is 28.8 Å². The molecule has 3 aromatic heterocycles. The van der Waals surface area contributed by atoms with Gasteiger partial charge in [-0.15, -0.1) is 12.4 Å². The van der Waals surface area contributed by atoms with E-state index >= 15 is 0 Å². The molecule has 0 spiro atoms. The molecule has 0 radical (unpaired) electrons. The summed E-state index contributed by atoms with van der Waals surface area (Å²) < 4.78 is 16.3. The number of unbranched alkanes of at least 4 members (excludes halogenated alkanes) is 3. The van der Waals surface area contributed by atoms with Gasteiger partial charge in [-0.25, -0.2) is 0 Å². The summed E-state index contributed by atoms with van der Waals surface area (Å²) in [7, 11) is 4.69. The number of nitrogens with one attached hydrogen (secondary N) is 6. The summed E-state index contributed by atoms with van der Waals surface area (Å²) in [6, 6.07) is 37.9. The molecule has 21 nitrogen and oxygen atoms in total. The number of rotatable bonds is 33. The smallest absolute Gasteiger partial charge is 0.252 e. The second-order valence-electron chi connectivity index (χ2n) is 23.3. The molecule has 3 atom stereocenters. The molecule has 18 N–H and O–H groups in total. The van der Waals surface area contributed by atoms with E-state index in [1.807, 2.05) is 91.0 Å². The third kappa shape index (κ3) is 15.4. The molecule has 0 fully saturated rings. The monoisotopic (exact) mass is 1270 g/mol. The van der Waals surface area contributed by atoms with E-state index in [1.165, 1.54) is 0 Å². The second-order valence-corrected chi connectivity index (χ2v) is 23.3. The Balaban J connectivity index is 0.0000109. The van der Waals surface area contributed by atoms with Crippen LogP contribution in [-0.4, -0.2) is 108 Å². The minimum absolute atomic E-state index is 0. The third-order valence-electron chi connectivity index (χ3n) is 17.3. The summed E-state index contributed by atoms with van der Waals surface area (Å²) in [6.07, 6.45) is 8.00. The molecule has 9 aromatic rings. The van der Waals surface area contributed by atoms with E-state index in [-0.39, 0.29) is 50.9 Å². The lowest BCUT2D eigenvalue weighted by Gasteiger charge is -2.28.